The predicted octanol–water partition coefficient (Wildman–Crippen LogP) is 2.69. The lowest BCUT2D eigenvalue weighted by Gasteiger charge is -2.08. The van der Waals surface area contributed by atoms with Gasteiger partial charge >= 0.3 is 0 Å². The number of hydrogen-bond donors (Lipinski definition) is 0. The highest BCUT2D eigenvalue weighted by Crippen LogP contribution is 2.33. The molecule has 0 aromatic heterocycles. The number of aldehydes is 1. The molecule has 0 amide bonds. The van der Waals surface area contributed by atoms with Gasteiger partial charge in [0.05, 0.1) is 16.7 Å². The van der Waals surface area contributed by atoms with Crippen LogP contribution in [0.3, 0.4) is 0 Å². The van der Waals surface area contributed by atoms with E-state index >= 15 is 0 Å². The van der Waals surface area contributed by atoms with Gasteiger partial charge in [0.25, 0.3) is 0 Å². The van der Waals surface area contributed by atoms with Gasteiger partial charge in [-0.1, -0.05) is 17.7 Å². The summed E-state index contributed by atoms with van der Waals surface area (Å²) in [4.78, 5) is 10.6. The number of rotatable bonds is 3. The maximum atomic E-state index is 10.6. The second kappa shape index (κ2) is 3.38. The fraction of sp³-hybridized carbons (Fsp3) is 0.300. The van der Waals surface area contributed by atoms with Crippen molar-refractivity contribution in [3.05, 3.63) is 28.8 Å². The fourth-order valence-corrected chi connectivity index (χ4v) is 1.32. The second-order valence-electron chi connectivity index (χ2n) is 3.09. The zero-order valence-electron chi connectivity index (χ0n) is 7.00. The normalized spacial score (nSPS) is 15.5. The quantitative estimate of drug-likeness (QED) is 0.695. The highest BCUT2D eigenvalue weighted by molar-refractivity contribution is 6.32. The van der Waals surface area contributed by atoms with Crippen LogP contribution in [-0.4, -0.2) is 12.4 Å². The van der Waals surface area contributed by atoms with Crippen LogP contribution < -0.4 is 4.74 Å². The Bertz CT molecular complexity index is 332. The highest BCUT2D eigenvalue weighted by atomic mass is 35.5. The van der Waals surface area contributed by atoms with Crippen LogP contribution >= 0.6 is 11.6 Å². The van der Waals surface area contributed by atoms with E-state index in [1.165, 1.54) is 0 Å². The molecule has 0 bridgehead atoms. The number of halogens is 1. The van der Waals surface area contributed by atoms with Crippen molar-refractivity contribution >= 4 is 17.9 Å². The molecule has 1 aromatic carbocycles. The number of carbonyl (C=O) groups is 1. The molecule has 2 nitrogen and oxygen atoms in total. The second-order valence-corrected chi connectivity index (χ2v) is 3.50. The van der Waals surface area contributed by atoms with E-state index in [-0.39, 0.29) is 6.10 Å². The van der Waals surface area contributed by atoms with E-state index in [9.17, 15) is 4.79 Å². The molecular weight excluding hydrogens is 188 g/mol. The number of ether oxygens (including phenoxy) is 1. The van der Waals surface area contributed by atoms with Crippen LogP contribution in [0, 0.1) is 0 Å². The molecule has 0 saturated heterocycles. The van der Waals surface area contributed by atoms with Gasteiger partial charge < -0.3 is 4.74 Å². The maximum absolute atomic E-state index is 10.6. The Kier molecular flexibility index (Phi) is 2.23. The monoisotopic (exact) mass is 196 g/mol. The molecule has 1 aromatic rings. The molecule has 3 heteroatoms. The van der Waals surface area contributed by atoms with Crippen LogP contribution in [0.15, 0.2) is 18.2 Å². The summed E-state index contributed by atoms with van der Waals surface area (Å²) in [5, 5.41) is 0.511. The van der Waals surface area contributed by atoms with Crippen LogP contribution in [0.2, 0.25) is 5.02 Å². The Hall–Kier alpha value is -1.02. The van der Waals surface area contributed by atoms with Gasteiger partial charge in [-0.25, -0.2) is 0 Å². The van der Waals surface area contributed by atoms with Gasteiger partial charge in [-0.15, -0.1) is 0 Å². The van der Waals surface area contributed by atoms with E-state index in [1.54, 1.807) is 18.2 Å². The first kappa shape index (κ1) is 8.57. The van der Waals surface area contributed by atoms with E-state index < -0.39 is 0 Å². The first-order chi connectivity index (χ1) is 6.31. The van der Waals surface area contributed by atoms with Gasteiger partial charge in [0.1, 0.15) is 5.75 Å². The Balaban J connectivity index is 2.32. The lowest BCUT2D eigenvalue weighted by molar-refractivity contribution is 0.111. The Morgan fingerprint density at radius 3 is 2.85 bits per heavy atom. The van der Waals surface area contributed by atoms with Gasteiger partial charge in [-0.2, -0.15) is 0 Å². The Morgan fingerprint density at radius 1 is 1.46 bits per heavy atom. The molecular formula is C10H9ClO2. The molecule has 0 spiro atoms. The van der Waals surface area contributed by atoms with Crippen molar-refractivity contribution in [2.45, 2.75) is 18.9 Å². The summed E-state index contributed by atoms with van der Waals surface area (Å²) in [6.45, 7) is 0. The molecule has 1 saturated carbocycles. The Morgan fingerprint density at radius 2 is 2.23 bits per heavy atom. The summed E-state index contributed by atoms with van der Waals surface area (Å²) >= 11 is 5.90. The maximum Gasteiger partial charge on any atom is 0.153 e. The number of para-hydroxylation sites is 1. The van der Waals surface area contributed by atoms with Crippen molar-refractivity contribution in [3.8, 4) is 5.75 Å². The van der Waals surface area contributed by atoms with Crippen molar-refractivity contribution in [1.82, 2.24) is 0 Å². The molecule has 0 aliphatic heterocycles. The van der Waals surface area contributed by atoms with E-state index in [1.807, 2.05) is 0 Å². The van der Waals surface area contributed by atoms with Crippen molar-refractivity contribution in [2.24, 2.45) is 0 Å². The average Bonchev–Trinajstić information content (AvgIpc) is 2.92. The van der Waals surface area contributed by atoms with Crippen LogP contribution in [0.4, 0.5) is 0 Å². The zero-order valence-corrected chi connectivity index (χ0v) is 7.75. The van der Waals surface area contributed by atoms with Crippen LogP contribution in [0.25, 0.3) is 0 Å². The van der Waals surface area contributed by atoms with Crippen LogP contribution in [0.1, 0.15) is 23.2 Å². The first-order valence-corrected chi connectivity index (χ1v) is 4.59. The molecule has 0 radical (unpaired) electrons. The van der Waals surface area contributed by atoms with E-state index in [2.05, 4.69) is 0 Å². The van der Waals surface area contributed by atoms with Crippen molar-refractivity contribution < 1.29 is 9.53 Å². The highest BCUT2D eigenvalue weighted by Gasteiger charge is 2.25. The SMILES string of the molecule is O=Cc1cccc(Cl)c1OC1CC1. The molecule has 0 atom stereocenters. The lowest BCUT2D eigenvalue weighted by atomic mass is 10.2. The topological polar surface area (TPSA) is 26.3 Å². The third kappa shape index (κ3) is 1.83. The van der Waals surface area contributed by atoms with Crippen molar-refractivity contribution in [1.29, 1.82) is 0 Å². The van der Waals surface area contributed by atoms with E-state index in [0.29, 0.717) is 16.3 Å². The summed E-state index contributed by atoms with van der Waals surface area (Å²) in [5.74, 6) is 0.529. The Labute approximate surface area is 81.5 Å². The molecule has 0 heterocycles. The zero-order chi connectivity index (χ0) is 9.26. The molecule has 1 fully saturated rings. The summed E-state index contributed by atoms with van der Waals surface area (Å²) in [6.07, 6.45) is 3.15. The molecule has 68 valence electrons. The minimum atomic E-state index is 0.263. The molecule has 1 aliphatic rings. The smallest absolute Gasteiger partial charge is 0.153 e. The molecule has 0 N–H and O–H groups in total. The summed E-state index contributed by atoms with van der Waals surface area (Å²) in [5.41, 5.74) is 0.527. The third-order valence-electron chi connectivity index (χ3n) is 1.93. The molecule has 13 heavy (non-hydrogen) atoms. The van der Waals surface area contributed by atoms with Crippen LogP contribution in [-0.2, 0) is 0 Å². The minimum absolute atomic E-state index is 0.263. The molecule has 2 rings (SSSR count). The van der Waals surface area contributed by atoms with Gasteiger partial charge in [-0.3, -0.25) is 4.79 Å². The minimum Gasteiger partial charge on any atom is -0.488 e. The van der Waals surface area contributed by atoms with Gasteiger partial charge in [0.15, 0.2) is 6.29 Å². The number of carbonyl (C=O) groups excluding carboxylic acids is 1. The van der Waals surface area contributed by atoms with E-state index in [0.717, 1.165) is 19.1 Å². The van der Waals surface area contributed by atoms with Crippen LogP contribution in [0.5, 0.6) is 5.75 Å². The van der Waals surface area contributed by atoms with Gasteiger partial charge in [0, 0.05) is 0 Å². The average molecular weight is 197 g/mol. The lowest BCUT2D eigenvalue weighted by Crippen LogP contribution is -1.99. The molecule has 1 aliphatic carbocycles. The van der Waals surface area contributed by atoms with Gasteiger partial charge in [0.2, 0.25) is 0 Å². The van der Waals surface area contributed by atoms with Crippen molar-refractivity contribution in [3.63, 3.8) is 0 Å². The molecule has 0 unspecified atom stereocenters. The van der Waals surface area contributed by atoms with Crippen molar-refractivity contribution in [2.75, 3.05) is 0 Å². The van der Waals surface area contributed by atoms with E-state index in [4.69, 9.17) is 16.3 Å². The third-order valence-corrected chi connectivity index (χ3v) is 2.23. The predicted molar refractivity (Wildman–Crippen MR) is 50.5 cm³/mol. The first-order valence-electron chi connectivity index (χ1n) is 4.21. The summed E-state index contributed by atoms with van der Waals surface area (Å²) < 4.78 is 5.51. The van der Waals surface area contributed by atoms with Gasteiger partial charge in [-0.05, 0) is 25.0 Å². The summed E-state index contributed by atoms with van der Waals surface area (Å²) in [6, 6.07) is 5.18. The number of benzene rings is 1. The standard InChI is InChI=1S/C10H9ClO2/c11-9-3-1-2-7(6-12)10(9)13-8-4-5-8/h1-3,6,8H,4-5H2. The summed E-state index contributed by atoms with van der Waals surface area (Å²) in [7, 11) is 0. The fourth-order valence-electron chi connectivity index (χ4n) is 1.10. The number of hydrogen-bond acceptors (Lipinski definition) is 2. The largest absolute Gasteiger partial charge is 0.488 e.